The van der Waals surface area contributed by atoms with Crippen molar-refractivity contribution in [2.45, 2.75) is 49.8 Å². The van der Waals surface area contributed by atoms with Crippen LogP contribution in [0.4, 0.5) is 5.13 Å². The van der Waals surface area contributed by atoms with Crippen molar-refractivity contribution < 1.29 is 12.9 Å². The molecule has 1 atom stereocenters. The highest BCUT2D eigenvalue weighted by atomic mass is 32.2. The fraction of sp³-hybridized carbons (Fsp3) is 0.733. The molecule has 2 aliphatic rings. The van der Waals surface area contributed by atoms with E-state index in [0.717, 1.165) is 56.7 Å². The van der Waals surface area contributed by atoms with Crippen molar-refractivity contribution in [1.82, 2.24) is 19.9 Å². The van der Waals surface area contributed by atoms with Gasteiger partial charge in [0.25, 0.3) is 0 Å². The molecule has 1 N–H and O–H groups in total. The van der Waals surface area contributed by atoms with Crippen LogP contribution in [0.5, 0.6) is 0 Å². The van der Waals surface area contributed by atoms with Gasteiger partial charge in [-0.2, -0.15) is 4.98 Å². The minimum absolute atomic E-state index is 0.144. The Balaban J connectivity index is 1.44. The monoisotopic (exact) mass is 398 g/mol. The topological polar surface area (TPSA) is 118 Å². The molecule has 0 spiro atoms. The summed E-state index contributed by atoms with van der Waals surface area (Å²) in [6.07, 6.45) is 5.22. The van der Waals surface area contributed by atoms with Crippen molar-refractivity contribution in [3.8, 4) is 0 Å². The number of hydrogen-bond acceptors (Lipinski definition) is 9. The van der Waals surface area contributed by atoms with E-state index in [2.05, 4.69) is 20.1 Å². The fourth-order valence-corrected chi connectivity index (χ4v) is 4.57. The van der Waals surface area contributed by atoms with Gasteiger partial charge in [-0.25, -0.2) is 13.1 Å². The Morgan fingerprint density at radius 2 is 1.92 bits per heavy atom. The second-order valence-electron chi connectivity index (χ2n) is 7.09. The highest BCUT2D eigenvalue weighted by Gasteiger charge is 2.32. The Labute approximate surface area is 155 Å². The maximum absolute atomic E-state index is 11.7. The molecular weight excluding hydrogens is 376 g/mol. The largest absolute Gasteiger partial charge is 0.347 e. The van der Waals surface area contributed by atoms with Crippen molar-refractivity contribution >= 4 is 26.3 Å². The number of nitrogens with one attached hydrogen (secondary N) is 1. The average Bonchev–Trinajstić information content (AvgIpc) is 3.21. The van der Waals surface area contributed by atoms with Gasteiger partial charge in [0, 0.05) is 31.2 Å². The number of piperidine rings is 1. The van der Waals surface area contributed by atoms with Crippen LogP contribution >= 0.6 is 11.3 Å². The molecule has 1 aliphatic carbocycles. The summed E-state index contributed by atoms with van der Waals surface area (Å²) in [7, 11) is -3.30. The molecule has 1 aliphatic heterocycles. The van der Waals surface area contributed by atoms with Crippen LogP contribution in [0, 0.1) is 5.41 Å². The third-order valence-electron chi connectivity index (χ3n) is 5.07. The standard InChI is InChI=1S/C15H22N6O3S2/c1-9(26(2,22)23)21-14(16)25-15(18-21)20-7-5-11(6-8-20)13-17-12(19-24-13)10-3-4-10/h9-11,16H,3-8H2,1-2H3. The first kappa shape index (κ1) is 17.7. The molecule has 9 nitrogen and oxygen atoms in total. The predicted octanol–water partition coefficient (Wildman–Crippen LogP) is 1.63. The molecule has 2 aromatic rings. The number of hydrogen-bond donors (Lipinski definition) is 1. The van der Waals surface area contributed by atoms with Gasteiger partial charge in [-0.1, -0.05) is 16.5 Å². The van der Waals surface area contributed by atoms with Gasteiger partial charge < -0.3 is 9.42 Å². The van der Waals surface area contributed by atoms with E-state index < -0.39 is 15.2 Å². The van der Waals surface area contributed by atoms with E-state index in [-0.39, 0.29) is 10.7 Å². The number of aromatic nitrogens is 4. The van der Waals surface area contributed by atoms with Crippen molar-refractivity contribution in [2.75, 3.05) is 24.2 Å². The first-order valence-corrected chi connectivity index (χ1v) is 11.5. The summed E-state index contributed by atoms with van der Waals surface area (Å²) in [6.45, 7) is 3.09. The lowest BCUT2D eigenvalue weighted by Crippen LogP contribution is -2.33. The van der Waals surface area contributed by atoms with Crippen LogP contribution in [0.25, 0.3) is 0 Å². The SMILES string of the molecule is CC(n1nc(N2CCC(c3nc(C4CC4)no3)CC2)sc1=N)S(C)(=O)=O. The molecule has 3 heterocycles. The van der Waals surface area contributed by atoms with Crippen LogP contribution in [-0.4, -0.2) is 47.7 Å². The smallest absolute Gasteiger partial charge is 0.229 e. The highest BCUT2D eigenvalue weighted by Crippen LogP contribution is 2.39. The second kappa shape index (κ2) is 6.45. The number of anilines is 1. The molecule has 4 rings (SSSR count). The third kappa shape index (κ3) is 3.41. The molecule has 2 fully saturated rings. The summed E-state index contributed by atoms with van der Waals surface area (Å²) in [4.78, 5) is 6.80. The van der Waals surface area contributed by atoms with Crippen LogP contribution in [-0.2, 0) is 9.84 Å². The lowest BCUT2D eigenvalue weighted by atomic mass is 9.97. The zero-order chi connectivity index (χ0) is 18.5. The molecule has 26 heavy (non-hydrogen) atoms. The number of sulfone groups is 1. The van der Waals surface area contributed by atoms with Crippen molar-refractivity contribution in [3.63, 3.8) is 0 Å². The highest BCUT2D eigenvalue weighted by molar-refractivity contribution is 7.90. The van der Waals surface area contributed by atoms with E-state index in [4.69, 9.17) is 9.93 Å². The Morgan fingerprint density at radius 3 is 2.54 bits per heavy atom. The van der Waals surface area contributed by atoms with E-state index in [9.17, 15) is 8.42 Å². The van der Waals surface area contributed by atoms with E-state index in [1.165, 1.54) is 16.0 Å². The minimum atomic E-state index is -3.30. The fourth-order valence-electron chi connectivity index (χ4n) is 3.08. The van der Waals surface area contributed by atoms with Crippen molar-refractivity contribution in [2.24, 2.45) is 0 Å². The first-order valence-electron chi connectivity index (χ1n) is 8.74. The molecule has 0 radical (unpaired) electrons. The maximum Gasteiger partial charge on any atom is 0.229 e. The summed E-state index contributed by atoms with van der Waals surface area (Å²) >= 11 is 1.21. The normalized spacial score (nSPS) is 20.5. The Bertz CT molecular complexity index is 950. The average molecular weight is 399 g/mol. The van der Waals surface area contributed by atoms with Crippen LogP contribution in [0.3, 0.4) is 0 Å². The van der Waals surface area contributed by atoms with Crippen LogP contribution in [0.2, 0.25) is 0 Å². The molecule has 0 bridgehead atoms. The Morgan fingerprint density at radius 1 is 1.23 bits per heavy atom. The van der Waals surface area contributed by atoms with Crippen LogP contribution in [0.1, 0.15) is 61.5 Å². The lowest BCUT2D eigenvalue weighted by molar-refractivity contribution is 0.326. The van der Waals surface area contributed by atoms with Gasteiger partial charge in [0.2, 0.25) is 15.8 Å². The molecule has 1 unspecified atom stereocenters. The third-order valence-corrected chi connectivity index (χ3v) is 7.41. The molecule has 0 aromatic carbocycles. The van der Waals surface area contributed by atoms with Gasteiger partial charge in [-0.3, -0.25) is 5.41 Å². The maximum atomic E-state index is 11.7. The quantitative estimate of drug-likeness (QED) is 0.813. The molecule has 1 saturated carbocycles. The van der Waals surface area contributed by atoms with E-state index in [1.54, 1.807) is 6.92 Å². The van der Waals surface area contributed by atoms with E-state index in [0.29, 0.717) is 11.0 Å². The summed E-state index contributed by atoms with van der Waals surface area (Å²) in [5.41, 5.74) is 0. The first-order chi connectivity index (χ1) is 12.3. The molecule has 11 heteroatoms. The predicted molar refractivity (Wildman–Crippen MR) is 96.0 cm³/mol. The van der Waals surface area contributed by atoms with Gasteiger partial charge in [-0.05, 0) is 32.6 Å². The Hall–Kier alpha value is -1.75. The lowest BCUT2D eigenvalue weighted by Gasteiger charge is -2.29. The van der Waals surface area contributed by atoms with Gasteiger partial charge in [0.05, 0.1) is 0 Å². The summed E-state index contributed by atoms with van der Waals surface area (Å²) in [5.74, 6) is 2.32. The number of rotatable bonds is 5. The van der Waals surface area contributed by atoms with Gasteiger partial charge in [0.15, 0.2) is 21.0 Å². The van der Waals surface area contributed by atoms with Gasteiger partial charge in [0.1, 0.15) is 0 Å². The molecular formula is C15H22N6O3S2. The molecule has 1 saturated heterocycles. The summed E-state index contributed by atoms with van der Waals surface area (Å²) in [5, 5.41) is 16.4. The number of nitrogens with zero attached hydrogens (tertiary/aromatic N) is 5. The van der Waals surface area contributed by atoms with Crippen molar-refractivity contribution in [3.05, 3.63) is 16.5 Å². The van der Waals surface area contributed by atoms with E-state index >= 15 is 0 Å². The summed E-state index contributed by atoms with van der Waals surface area (Å²) in [6, 6.07) is 0. The summed E-state index contributed by atoms with van der Waals surface area (Å²) < 4.78 is 30.2. The van der Waals surface area contributed by atoms with Crippen molar-refractivity contribution in [1.29, 1.82) is 5.41 Å². The molecule has 0 amide bonds. The molecule has 142 valence electrons. The van der Waals surface area contributed by atoms with E-state index in [1.807, 2.05) is 0 Å². The van der Waals surface area contributed by atoms with Crippen LogP contribution in [0.15, 0.2) is 4.52 Å². The van der Waals surface area contributed by atoms with Gasteiger partial charge >= 0.3 is 0 Å². The zero-order valence-electron chi connectivity index (χ0n) is 14.8. The van der Waals surface area contributed by atoms with Gasteiger partial charge in [-0.15, -0.1) is 5.10 Å². The molecule has 2 aromatic heterocycles. The Kier molecular flexibility index (Phi) is 4.38. The zero-order valence-corrected chi connectivity index (χ0v) is 16.4. The van der Waals surface area contributed by atoms with Crippen LogP contribution < -0.4 is 9.70 Å². The minimum Gasteiger partial charge on any atom is -0.347 e. The second-order valence-corrected chi connectivity index (χ2v) is 10.4.